The third-order valence-electron chi connectivity index (χ3n) is 2.04. The first kappa shape index (κ1) is 9.79. The van der Waals surface area contributed by atoms with Crippen molar-refractivity contribution in [2.75, 3.05) is 0 Å². The Morgan fingerprint density at radius 2 is 1.92 bits per heavy atom. The van der Waals surface area contributed by atoms with Gasteiger partial charge in [-0.2, -0.15) is 0 Å². The fraction of sp³-hybridized carbons (Fsp3) is 0.231. The lowest BCUT2D eigenvalue weighted by Crippen LogP contribution is -1.82. The van der Waals surface area contributed by atoms with Crippen LogP contribution >= 0.6 is 0 Å². The number of rotatable bonds is 3. The third-order valence-corrected chi connectivity index (χ3v) is 2.04. The molecule has 0 nitrogen and oxygen atoms in total. The van der Waals surface area contributed by atoms with Crippen molar-refractivity contribution < 1.29 is 0 Å². The molecular weight excluding hydrogens is 156 g/mol. The molecule has 0 heterocycles. The van der Waals surface area contributed by atoms with Crippen LogP contribution in [0.2, 0.25) is 0 Å². The second-order valence-electron chi connectivity index (χ2n) is 3.25. The number of benzene rings is 1. The first-order valence-electron chi connectivity index (χ1n) is 4.60. The quantitative estimate of drug-likeness (QED) is 0.608. The Hall–Kier alpha value is -1.30. The molecule has 1 rings (SSSR count). The minimum Gasteiger partial charge on any atom is -0.0955 e. The van der Waals surface area contributed by atoms with E-state index >= 15 is 0 Å². The van der Waals surface area contributed by atoms with Gasteiger partial charge in [0.05, 0.1) is 0 Å². The smallest absolute Gasteiger partial charge is 0.00976 e. The van der Waals surface area contributed by atoms with Crippen molar-refractivity contribution >= 4 is 5.57 Å². The zero-order valence-corrected chi connectivity index (χ0v) is 8.38. The van der Waals surface area contributed by atoms with E-state index in [1.54, 1.807) is 0 Å². The number of hydrogen-bond donors (Lipinski definition) is 0. The Labute approximate surface area is 80.6 Å². The topological polar surface area (TPSA) is 0 Å². The highest BCUT2D eigenvalue weighted by molar-refractivity contribution is 5.61. The van der Waals surface area contributed by atoms with E-state index in [0.29, 0.717) is 0 Å². The van der Waals surface area contributed by atoms with Gasteiger partial charge in [0.2, 0.25) is 0 Å². The first-order chi connectivity index (χ1) is 6.24. The van der Waals surface area contributed by atoms with Gasteiger partial charge < -0.3 is 0 Å². The highest BCUT2D eigenvalue weighted by atomic mass is 14.0. The molecule has 0 spiro atoms. The van der Waals surface area contributed by atoms with E-state index in [1.807, 2.05) is 13.8 Å². The van der Waals surface area contributed by atoms with E-state index in [9.17, 15) is 0 Å². The molecule has 0 saturated heterocycles. The average Bonchev–Trinajstić information content (AvgIpc) is 2.15. The van der Waals surface area contributed by atoms with Crippen molar-refractivity contribution in [1.29, 1.82) is 0 Å². The fourth-order valence-electron chi connectivity index (χ4n) is 1.18. The monoisotopic (exact) mass is 172 g/mol. The van der Waals surface area contributed by atoms with Gasteiger partial charge in [0.25, 0.3) is 0 Å². The molecule has 68 valence electrons. The van der Waals surface area contributed by atoms with Crippen LogP contribution in [0.5, 0.6) is 0 Å². The van der Waals surface area contributed by atoms with E-state index in [2.05, 4.69) is 43.0 Å². The molecule has 0 fully saturated rings. The molecule has 0 atom stereocenters. The van der Waals surface area contributed by atoms with Gasteiger partial charge in [-0.15, -0.1) is 0 Å². The predicted octanol–water partition coefficient (Wildman–Crippen LogP) is 3.84. The van der Waals surface area contributed by atoms with Gasteiger partial charge in [0.1, 0.15) is 0 Å². The van der Waals surface area contributed by atoms with Gasteiger partial charge in [0, 0.05) is 0 Å². The van der Waals surface area contributed by atoms with Crippen LogP contribution in [0.1, 0.15) is 25.0 Å². The van der Waals surface area contributed by atoms with Crippen LogP contribution in [0.4, 0.5) is 0 Å². The molecule has 13 heavy (non-hydrogen) atoms. The fourth-order valence-corrected chi connectivity index (χ4v) is 1.18. The van der Waals surface area contributed by atoms with Crippen LogP contribution in [-0.4, -0.2) is 0 Å². The third kappa shape index (κ3) is 2.90. The molecule has 1 aromatic carbocycles. The van der Waals surface area contributed by atoms with Gasteiger partial charge in [-0.1, -0.05) is 48.6 Å². The van der Waals surface area contributed by atoms with Crippen molar-refractivity contribution in [3.05, 3.63) is 54.1 Å². The van der Waals surface area contributed by atoms with Crippen LogP contribution < -0.4 is 0 Å². The second kappa shape index (κ2) is 4.66. The van der Waals surface area contributed by atoms with E-state index in [1.165, 1.54) is 11.1 Å². The van der Waals surface area contributed by atoms with E-state index < -0.39 is 0 Å². The lowest BCUT2D eigenvalue weighted by Gasteiger charge is -2.00. The van der Waals surface area contributed by atoms with Crippen molar-refractivity contribution in [3.8, 4) is 0 Å². The van der Waals surface area contributed by atoms with Crippen LogP contribution in [0.25, 0.3) is 5.57 Å². The average molecular weight is 172 g/mol. The van der Waals surface area contributed by atoms with Crippen LogP contribution in [0.15, 0.2) is 43.0 Å². The van der Waals surface area contributed by atoms with Gasteiger partial charge in [-0.3, -0.25) is 0 Å². The van der Waals surface area contributed by atoms with Crippen LogP contribution in [0.3, 0.4) is 0 Å². The Morgan fingerprint density at radius 1 is 1.31 bits per heavy atom. The molecule has 0 bridgehead atoms. The zero-order valence-electron chi connectivity index (χ0n) is 8.38. The minimum atomic E-state index is 1.02. The van der Waals surface area contributed by atoms with Gasteiger partial charge in [0.15, 0.2) is 0 Å². The summed E-state index contributed by atoms with van der Waals surface area (Å²) < 4.78 is 0. The molecule has 0 unspecified atom stereocenters. The van der Waals surface area contributed by atoms with Crippen molar-refractivity contribution in [3.63, 3.8) is 0 Å². The van der Waals surface area contributed by atoms with Gasteiger partial charge in [-0.05, 0) is 31.4 Å². The first-order valence-corrected chi connectivity index (χ1v) is 4.60. The SMILES string of the molecule is C=C(C)c1ccc(C/C=C/C)cc1. The molecular formula is C13H16. The van der Waals surface area contributed by atoms with Crippen molar-refractivity contribution in [2.45, 2.75) is 20.3 Å². The molecule has 0 aromatic heterocycles. The van der Waals surface area contributed by atoms with E-state index in [0.717, 1.165) is 12.0 Å². The number of allylic oxidation sites excluding steroid dienone is 3. The maximum atomic E-state index is 3.90. The van der Waals surface area contributed by atoms with E-state index in [4.69, 9.17) is 0 Å². The summed E-state index contributed by atoms with van der Waals surface area (Å²) in [4.78, 5) is 0. The summed E-state index contributed by atoms with van der Waals surface area (Å²) in [5.74, 6) is 0. The second-order valence-corrected chi connectivity index (χ2v) is 3.25. The van der Waals surface area contributed by atoms with E-state index in [-0.39, 0.29) is 0 Å². The summed E-state index contributed by atoms with van der Waals surface area (Å²) in [6.07, 6.45) is 5.26. The Kier molecular flexibility index (Phi) is 3.51. The maximum Gasteiger partial charge on any atom is -0.00976 e. The largest absolute Gasteiger partial charge is 0.0955 e. The Morgan fingerprint density at radius 3 is 2.38 bits per heavy atom. The highest BCUT2D eigenvalue weighted by Gasteiger charge is 1.92. The van der Waals surface area contributed by atoms with Crippen molar-refractivity contribution in [1.82, 2.24) is 0 Å². The Balaban J connectivity index is 2.75. The number of hydrogen-bond acceptors (Lipinski definition) is 0. The molecule has 1 aromatic rings. The summed E-state index contributed by atoms with van der Waals surface area (Å²) in [5, 5.41) is 0. The summed E-state index contributed by atoms with van der Waals surface area (Å²) in [6.45, 7) is 7.98. The molecule has 0 N–H and O–H groups in total. The normalized spacial score (nSPS) is 10.6. The minimum absolute atomic E-state index is 1.02. The maximum absolute atomic E-state index is 3.90. The lowest BCUT2D eigenvalue weighted by molar-refractivity contribution is 1.26. The molecule has 0 amide bonds. The summed E-state index contributed by atoms with van der Waals surface area (Å²) >= 11 is 0. The van der Waals surface area contributed by atoms with Crippen LogP contribution in [0, 0.1) is 0 Å². The standard InChI is InChI=1S/C13H16/c1-4-5-6-12-7-9-13(10-8-12)11(2)3/h4-5,7-10H,2,6H2,1,3H3/b5-4+. The summed E-state index contributed by atoms with van der Waals surface area (Å²) in [7, 11) is 0. The molecule has 0 aliphatic rings. The summed E-state index contributed by atoms with van der Waals surface area (Å²) in [5.41, 5.74) is 3.70. The zero-order chi connectivity index (χ0) is 9.68. The molecule has 0 aliphatic carbocycles. The highest BCUT2D eigenvalue weighted by Crippen LogP contribution is 2.12. The molecule has 0 radical (unpaired) electrons. The predicted molar refractivity (Wildman–Crippen MR) is 59.7 cm³/mol. The summed E-state index contributed by atoms with van der Waals surface area (Å²) in [6, 6.07) is 8.57. The lowest BCUT2D eigenvalue weighted by atomic mass is 10.1. The van der Waals surface area contributed by atoms with Gasteiger partial charge >= 0.3 is 0 Å². The molecule has 0 heteroatoms. The van der Waals surface area contributed by atoms with Gasteiger partial charge in [-0.25, -0.2) is 0 Å². The van der Waals surface area contributed by atoms with Crippen molar-refractivity contribution in [2.24, 2.45) is 0 Å². The van der Waals surface area contributed by atoms with Crippen LogP contribution in [-0.2, 0) is 6.42 Å². The Bertz CT molecular complexity index is 301. The molecule has 0 aliphatic heterocycles. The molecule has 0 saturated carbocycles.